The monoisotopic (exact) mass is 437 g/mol. The number of hydrogen-bond donors (Lipinski definition) is 1. The van der Waals surface area contributed by atoms with E-state index in [0.717, 1.165) is 29.6 Å². The Morgan fingerprint density at radius 1 is 0.938 bits per heavy atom. The predicted octanol–water partition coefficient (Wildman–Crippen LogP) is 2.48. The molecule has 0 bridgehead atoms. The summed E-state index contributed by atoms with van der Waals surface area (Å²) in [6.07, 6.45) is 8.46. The van der Waals surface area contributed by atoms with Crippen molar-refractivity contribution in [2.24, 2.45) is 11.8 Å². The van der Waals surface area contributed by atoms with E-state index in [-0.39, 0.29) is 30.2 Å². The molecule has 0 radical (unpaired) electrons. The average Bonchev–Trinajstić information content (AvgIpc) is 3.52. The maximum absolute atomic E-state index is 12.9. The Labute approximate surface area is 188 Å². The Balaban J connectivity index is 1.13. The second-order valence-corrected chi connectivity index (χ2v) is 10.3. The van der Waals surface area contributed by atoms with Crippen LogP contribution in [0.15, 0.2) is 18.2 Å². The van der Waals surface area contributed by atoms with E-state index in [0.29, 0.717) is 24.6 Å². The molecule has 2 aliphatic carbocycles. The number of likely N-dealkylation sites (tertiary alicyclic amines) is 1. The van der Waals surface area contributed by atoms with Gasteiger partial charge in [-0.05, 0) is 74.1 Å². The predicted molar refractivity (Wildman–Crippen MR) is 117 cm³/mol. The Morgan fingerprint density at radius 3 is 2.53 bits per heavy atom. The van der Waals surface area contributed by atoms with Crippen LogP contribution in [0.5, 0.6) is 5.75 Å². The Bertz CT molecular complexity index is 953. The summed E-state index contributed by atoms with van der Waals surface area (Å²) in [6.45, 7) is 2.85. The maximum Gasteiger partial charge on any atom is 0.255 e. The van der Waals surface area contributed by atoms with E-state index in [1.807, 2.05) is 18.2 Å². The number of piperidine rings is 1. The highest BCUT2D eigenvalue weighted by Crippen LogP contribution is 2.43. The van der Waals surface area contributed by atoms with Gasteiger partial charge in [0.25, 0.3) is 5.91 Å². The highest BCUT2D eigenvalue weighted by Gasteiger charge is 2.44. The van der Waals surface area contributed by atoms with Crippen molar-refractivity contribution in [1.82, 2.24) is 15.1 Å². The Morgan fingerprint density at radius 2 is 1.75 bits per heavy atom. The lowest BCUT2D eigenvalue weighted by Gasteiger charge is -2.48. The number of nitrogens with one attached hydrogen (secondary N) is 1. The number of ether oxygens (including phenoxy) is 1. The topological polar surface area (TPSA) is 79.0 Å². The molecular formula is C25H31N3O4. The zero-order chi connectivity index (χ0) is 21.8. The van der Waals surface area contributed by atoms with Gasteiger partial charge in [-0.25, -0.2) is 0 Å². The highest BCUT2D eigenvalue weighted by atomic mass is 16.5. The molecule has 2 saturated carbocycles. The summed E-state index contributed by atoms with van der Waals surface area (Å²) in [5.41, 5.74) is 1.54. The first-order valence-corrected chi connectivity index (χ1v) is 12.2. The van der Waals surface area contributed by atoms with Crippen molar-refractivity contribution in [2.75, 3.05) is 13.1 Å². The van der Waals surface area contributed by atoms with Gasteiger partial charge in [0.05, 0.1) is 0 Å². The van der Waals surface area contributed by atoms with Gasteiger partial charge in [0.1, 0.15) is 17.9 Å². The molecule has 0 aromatic heterocycles. The lowest BCUT2D eigenvalue weighted by Crippen LogP contribution is -2.58. The van der Waals surface area contributed by atoms with E-state index in [2.05, 4.69) is 10.2 Å². The summed E-state index contributed by atoms with van der Waals surface area (Å²) in [5, 5.41) is 2.36. The van der Waals surface area contributed by atoms with Crippen LogP contribution in [0.2, 0.25) is 0 Å². The molecule has 4 fully saturated rings. The van der Waals surface area contributed by atoms with Crippen LogP contribution < -0.4 is 10.1 Å². The molecule has 5 aliphatic rings. The molecule has 3 heterocycles. The van der Waals surface area contributed by atoms with Crippen LogP contribution in [0.25, 0.3) is 0 Å². The minimum atomic E-state index is -0.578. The quantitative estimate of drug-likeness (QED) is 0.716. The molecule has 3 amide bonds. The molecule has 3 atom stereocenters. The van der Waals surface area contributed by atoms with Crippen LogP contribution in [0, 0.1) is 11.8 Å². The lowest BCUT2D eigenvalue weighted by molar-refractivity contribution is -0.136. The minimum absolute atomic E-state index is 0.136. The van der Waals surface area contributed by atoms with Gasteiger partial charge in [0.15, 0.2) is 0 Å². The zero-order valence-electron chi connectivity index (χ0n) is 18.4. The molecule has 1 aromatic rings. The van der Waals surface area contributed by atoms with E-state index in [1.165, 1.54) is 45.2 Å². The van der Waals surface area contributed by atoms with Gasteiger partial charge in [-0.2, -0.15) is 0 Å². The van der Waals surface area contributed by atoms with E-state index in [1.54, 1.807) is 4.90 Å². The van der Waals surface area contributed by atoms with Gasteiger partial charge in [0.2, 0.25) is 11.8 Å². The van der Waals surface area contributed by atoms with Crippen LogP contribution in [0.1, 0.15) is 67.3 Å². The van der Waals surface area contributed by atoms with E-state index in [4.69, 9.17) is 4.74 Å². The minimum Gasteiger partial charge on any atom is -0.489 e. The number of amides is 3. The first kappa shape index (κ1) is 20.2. The summed E-state index contributed by atoms with van der Waals surface area (Å²) in [5.74, 6) is 1.93. The zero-order valence-corrected chi connectivity index (χ0v) is 18.4. The third kappa shape index (κ3) is 3.60. The number of carbonyl (C=O) groups is 3. The Kier molecular flexibility index (Phi) is 4.97. The van der Waals surface area contributed by atoms with Crippen molar-refractivity contribution in [3.8, 4) is 5.75 Å². The summed E-state index contributed by atoms with van der Waals surface area (Å²) in [6, 6.07) is 5.63. The number of rotatable bonds is 5. The molecule has 32 heavy (non-hydrogen) atoms. The molecule has 6 rings (SSSR count). The van der Waals surface area contributed by atoms with Gasteiger partial charge >= 0.3 is 0 Å². The Hall–Kier alpha value is -2.41. The number of fused-ring (bicyclic) bond motifs is 1. The van der Waals surface area contributed by atoms with E-state index >= 15 is 0 Å². The number of benzene rings is 1. The second kappa shape index (κ2) is 7.87. The van der Waals surface area contributed by atoms with Gasteiger partial charge in [-0.1, -0.05) is 6.42 Å². The largest absolute Gasteiger partial charge is 0.489 e. The van der Waals surface area contributed by atoms with E-state index in [9.17, 15) is 14.4 Å². The SMILES string of the molecule is O=C1CCC(N2Cc3cc(O[C@H]4CCCC[C@@H]4N4CC(C5CC5)C4)ccc3C2=O)C(=O)N1. The molecule has 1 N–H and O–H groups in total. The first-order chi connectivity index (χ1) is 15.6. The molecule has 0 spiro atoms. The summed E-state index contributed by atoms with van der Waals surface area (Å²) < 4.78 is 6.52. The van der Waals surface area contributed by atoms with Crippen LogP contribution >= 0.6 is 0 Å². The maximum atomic E-state index is 12.9. The smallest absolute Gasteiger partial charge is 0.255 e. The average molecular weight is 438 g/mol. The fraction of sp³-hybridized carbons (Fsp3) is 0.640. The van der Waals surface area contributed by atoms with Crippen molar-refractivity contribution in [1.29, 1.82) is 0 Å². The molecule has 7 nitrogen and oxygen atoms in total. The fourth-order valence-corrected chi connectivity index (χ4v) is 6.12. The normalized spacial score (nSPS) is 31.3. The summed E-state index contributed by atoms with van der Waals surface area (Å²) >= 11 is 0. The van der Waals surface area contributed by atoms with Crippen molar-refractivity contribution in [2.45, 2.75) is 76.1 Å². The lowest BCUT2D eigenvalue weighted by atomic mass is 9.85. The van der Waals surface area contributed by atoms with Gasteiger partial charge in [0, 0.05) is 37.7 Å². The van der Waals surface area contributed by atoms with Crippen LogP contribution in [-0.2, 0) is 16.1 Å². The van der Waals surface area contributed by atoms with Crippen molar-refractivity contribution < 1.29 is 19.1 Å². The number of nitrogens with zero attached hydrogens (tertiary/aromatic N) is 2. The molecule has 3 aliphatic heterocycles. The van der Waals surface area contributed by atoms with Crippen LogP contribution in [0.3, 0.4) is 0 Å². The number of carbonyl (C=O) groups excluding carboxylic acids is 3. The third-order valence-corrected chi connectivity index (χ3v) is 8.15. The summed E-state index contributed by atoms with van der Waals surface area (Å²) in [7, 11) is 0. The van der Waals surface area contributed by atoms with Gasteiger partial charge in [-0.3, -0.25) is 24.6 Å². The molecule has 1 aromatic carbocycles. The van der Waals surface area contributed by atoms with Crippen LogP contribution in [-0.4, -0.2) is 58.8 Å². The molecule has 7 heteroatoms. The third-order valence-electron chi connectivity index (χ3n) is 8.15. The first-order valence-electron chi connectivity index (χ1n) is 12.2. The number of hydrogen-bond acceptors (Lipinski definition) is 5. The fourth-order valence-electron chi connectivity index (χ4n) is 6.12. The van der Waals surface area contributed by atoms with Crippen molar-refractivity contribution >= 4 is 17.7 Å². The van der Waals surface area contributed by atoms with Gasteiger partial charge < -0.3 is 9.64 Å². The highest BCUT2D eigenvalue weighted by molar-refractivity contribution is 6.05. The molecule has 170 valence electrons. The van der Waals surface area contributed by atoms with Gasteiger partial charge in [-0.15, -0.1) is 0 Å². The molecular weight excluding hydrogens is 406 g/mol. The number of imide groups is 1. The van der Waals surface area contributed by atoms with E-state index < -0.39 is 6.04 Å². The van der Waals surface area contributed by atoms with Crippen molar-refractivity contribution in [3.05, 3.63) is 29.3 Å². The molecule has 2 saturated heterocycles. The summed E-state index contributed by atoms with van der Waals surface area (Å²) in [4.78, 5) is 40.9. The van der Waals surface area contributed by atoms with Crippen LogP contribution in [0.4, 0.5) is 0 Å². The standard InChI is InChI=1S/C25H31N3O4/c29-23-10-9-21(24(30)26-23)28-14-16-11-18(7-8-19(16)25(28)31)32-22-4-2-1-3-20(22)27-12-17(13-27)15-5-6-15/h7-8,11,15,17,20-22H,1-6,9-10,12-14H2,(H,26,29,30)/t20-,21?,22-/m0/s1. The molecule has 1 unspecified atom stereocenters. The second-order valence-electron chi connectivity index (χ2n) is 10.3. The van der Waals surface area contributed by atoms with Crippen molar-refractivity contribution in [3.63, 3.8) is 0 Å².